The Hall–Kier alpha value is -3.86. The number of esters is 1. The van der Waals surface area contributed by atoms with Gasteiger partial charge in [0.15, 0.2) is 0 Å². The Morgan fingerprint density at radius 1 is 0.867 bits per heavy atom. The van der Waals surface area contributed by atoms with Crippen LogP contribution in [0.5, 0.6) is 17.2 Å². The van der Waals surface area contributed by atoms with Gasteiger partial charge in [0.25, 0.3) is 0 Å². The van der Waals surface area contributed by atoms with Gasteiger partial charge in [0, 0.05) is 6.07 Å². The molecule has 0 fully saturated rings. The molecule has 0 amide bonds. The van der Waals surface area contributed by atoms with Crippen LogP contribution in [0.1, 0.15) is 27.0 Å². The normalized spacial score (nSPS) is 10.8. The molecule has 5 nitrogen and oxygen atoms in total. The van der Waals surface area contributed by atoms with Crippen molar-refractivity contribution in [2.24, 2.45) is 0 Å². The lowest BCUT2D eigenvalue weighted by atomic mass is 10.1. The lowest BCUT2D eigenvalue weighted by Crippen LogP contribution is -2.09. The van der Waals surface area contributed by atoms with E-state index >= 15 is 0 Å². The van der Waals surface area contributed by atoms with Gasteiger partial charge in [0.05, 0.1) is 10.9 Å². The molecule has 4 aromatic rings. The number of aryl methyl sites for hydroxylation is 3. The van der Waals surface area contributed by atoms with Crippen LogP contribution < -0.4 is 14.9 Å². The number of rotatable bonds is 4. The van der Waals surface area contributed by atoms with E-state index in [0.717, 1.165) is 16.7 Å². The molecule has 3 aromatic carbocycles. The first kappa shape index (κ1) is 19.5. The maximum Gasteiger partial charge on any atom is 0.343 e. The van der Waals surface area contributed by atoms with Gasteiger partial charge in [0.2, 0.25) is 11.2 Å². The molecule has 0 radical (unpaired) electrons. The van der Waals surface area contributed by atoms with E-state index in [0.29, 0.717) is 28.0 Å². The number of hydrogen-bond donors (Lipinski definition) is 0. The molecule has 1 aromatic heterocycles. The molecular weight excluding hydrogens is 380 g/mol. The second-order valence-corrected chi connectivity index (χ2v) is 7.22. The van der Waals surface area contributed by atoms with Crippen molar-refractivity contribution in [2.75, 3.05) is 0 Å². The minimum atomic E-state index is -0.477. The van der Waals surface area contributed by atoms with Crippen molar-refractivity contribution in [1.29, 1.82) is 0 Å². The largest absolute Gasteiger partial charge is 0.460 e. The molecule has 0 N–H and O–H groups in total. The molecule has 30 heavy (non-hydrogen) atoms. The first-order chi connectivity index (χ1) is 14.4. The molecule has 0 spiro atoms. The van der Waals surface area contributed by atoms with Gasteiger partial charge in [-0.25, -0.2) is 4.79 Å². The predicted octanol–water partition coefficient (Wildman–Crippen LogP) is 5.73. The molecule has 150 valence electrons. The van der Waals surface area contributed by atoms with Crippen LogP contribution in [-0.4, -0.2) is 5.97 Å². The van der Waals surface area contributed by atoms with Crippen molar-refractivity contribution < 1.29 is 18.7 Å². The number of benzene rings is 3. The van der Waals surface area contributed by atoms with Crippen LogP contribution in [0.4, 0.5) is 0 Å². The highest BCUT2D eigenvalue weighted by Crippen LogP contribution is 2.27. The molecule has 0 bridgehead atoms. The Bertz CT molecular complexity index is 1320. The van der Waals surface area contributed by atoms with Gasteiger partial charge in [-0.05, 0) is 62.2 Å². The van der Waals surface area contributed by atoms with Crippen molar-refractivity contribution in [3.05, 3.63) is 99.4 Å². The number of carbonyl (C=O) groups excluding carboxylic acids is 1. The van der Waals surface area contributed by atoms with Gasteiger partial charge in [-0.15, -0.1) is 0 Å². The average molecular weight is 400 g/mol. The third-order valence-corrected chi connectivity index (χ3v) is 4.74. The summed E-state index contributed by atoms with van der Waals surface area (Å²) in [5.41, 5.74) is 3.37. The van der Waals surface area contributed by atoms with E-state index in [9.17, 15) is 9.59 Å². The topological polar surface area (TPSA) is 65.7 Å². The summed E-state index contributed by atoms with van der Waals surface area (Å²) < 4.78 is 16.8. The Labute approximate surface area is 173 Å². The average Bonchev–Trinajstić information content (AvgIpc) is 2.72. The van der Waals surface area contributed by atoms with Crippen LogP contribution >= 0.6 is 0 Å². The van der Waals surface area contributed by atoms with Crippen LogP contribution in [0.3, 0.4) is 0 Å². The maximum absolute atomic E-state index is 12.8. The SMILES string of the molecule is Cc1cccc(C(=O)Oc2ccc3c(=O)c(Oc4cc(C)ccc4C)coc3c2)c1. The first-order valence-corrected chi connectivity index (χ1v) is 9.50. The van der Waals surface area contributed by atoms with Crippen LogP contribution in [-0.2, 0) is 0 Å². The zero-order chi connectivity index (χ0) is 21.3. The summed E-state index contributed by atoms with van der Waals surface area (Å²) in [7, 11) is 0. The minimum absolute atomic E-state index is 0.0979. The van der Waals surface area contributed by atoms with Gasteiger partial charge in [-0.2, -0.15) is 0 Å². The molecule has 0 aliphatic heterocycles. The van der Waals surface area contributed by atoms with Gasteiger partial charge in [-0.3, -0.25) is 4.79 Å². The molecule has 4 rings (SSSR count). The first-order valence-electron chi connectivity index (χ1n) is 9.50. The third kappa shape index (κ3) is 3.96. The maximum atomic E-state index is 12.8. The summed E-state index contributed by atoms with van der Waals surface area (Å²) in [6.07, 6.45) is 1.28. The van der Waals surface area contributed by atoms with E-state index < -0.39 is 5.97 Å². The quantitative estimate of drug-likeness (QED) is 0.323. The molecule has 0 saturated carbocycles. The summed E-state index contributed by atoms with van der Waals surface area (Å²) in [6.45, 7) is 5.76. The van der Waals surface area contributed by atoms with Gasteiger partial charge in [-0.1, -0.05) is 29.8 Å². The summed E-state index contributed by atoms with van der Waals surface area (Å²) in [5, 5.41) is 0.341. The standard InChI is InChI=1S/C25H20O5/c1-15-5-4-6-18(11-15)25(27)29-19-9-10-20-22(13-19)28-14-23(24(20)26)30-21-12-16(2)7-8-17(21)3/h4-14H,1-3H3. The lowest BCUT2D eigenvalue weighted by Gasteiger charge is -2.10. The zero-order valence-electron chi connectivity index (χ0n) is 16.9. The Kier molecular flexibility index (Phi) is 5.11. The van der Waals surface area contributed by atoms with E-state index in [4.69, 9.17) is 13.9 Å². The number of hydrogen-bond acceptors (Lipinski definition) is 5. The molecular formula is C25H20O5. The predicted molar refractivity (Wildman–Crippen MR) is 115 cm³/mol. The van der Waals surface area contributed by atoms with Crippen molar-refractivity contribution >= 4 is 16.9 Å². The van der Waals surface area contributed by atoms with E-state index in [1.807, 2.05) is 45.0 Å². The number of carbonyl (C=O) groups is 1. The summed E-state index contributed by atoms with van der Waals surface area (Å²) in [5.74, 6) is 0.515. The fourth-order valence-corrected chi connectivity index (χ4v) is 3.10. The zero-order valence-corrected chi connectivity index (χ0v) is 16.9. The Balaban J connectivity index is 1.62. The second kappa shape index (κ2) is 7.87. The lowest BCUT2D eigenvalue weighted by molar-refractivity contribution is 0.0735. The summed E-state index contributed by atoms with van der Waals surface area (Å²) in [4.78, 5) is 25.2. The summed E-state index contributed by atoms with van der Waals surface area (Å²) >= 11 is 0. The van der Waals surface area contributed by atoms with Crippen molar-refractivity contribution in [3.8, 4) is 17.2 Å². The van der Waals surface area contributed by atoms with Crippen LogP contribution in [0.15, 0.2) is 76.1 Å². The molecule has 0 aliphatic rings. The smallest absolute Gasteiger partial charge is 0.343 e. The number of fused-ring (bicyclic) bond motifs is 1. The van der Waals surface area contributed by atoms with Crippen molar-refractivity contribution in [3.63, 3.8) is 0 Å². The molecule has 0 unspecified atom stereocenters. The van der Waals surface area contributed by atoms with E-state index in [1.54, 1.807) is 30.3 Å². The van der Waals surface area contributed by atoms with Gasteiger partial charge in [0.1, 0.15) is 23.3 Å². The highest BCUT2D eigenvalue weighted by atomic mass is 16.5. The molecule has 0 saturated heterocycles. The Morgan fingerprint density at radius 2 is 1.67 bits per heavy atom. The minimum Gasteiger partial charge on any atom is -0.460 e. The monoisotopic (exact) mass is 400 g/mol. The fourth-order valence-electron chi connectivity index (χ4n) is 3.10. The van der Waals surface area contributed by atoms with Crippen LogP contribution in [0.2, 0.25) is 0 Å². The highest BCUT2D eigenvalue weighted by Gasteiger charge is 2.14. The highest BCUT2D eigenvalue weighted by molar-refractivity contribution is 5.91. The van der Waals surface area contributed by atoms with Crippen molar-refractivity contribution in [1.82, 2.24) is 0 Å². The fraction of sp³-hybridized carbons (Fsp3) is 0.120. The van der Waals surface area contributed by atoms with E-state index in [1.165, 1.54) is 12.3 Å². The van der Waals surface area contributed by atoms with Gasteiger partial charge >= 0.3 is 5.97 Å². The third-order valence-electron chi connectivity index (χ3n) is 4.74. The molecule has 0 atom stereocenters. The van der Waals surface area contributed by atoms with E-state index in [-0.39, 0.29) is 11.2 Å². The summed E-state index contributed by atoms with van der Waals surface area (Å²) in [6, 6.07) is 17.6. The molecule has 0 aliphatic carbocycles. The second-order valence-electron chi connectivity index (χ2n) is 7.22. The van der Waals surface area contributed by atoms with E-state index in [2.05, 4.69) is 0 Å². The van der Waals surface area contributed by atoms with Crippen molar-refractivity contribution in [2.45, 2.75) is 20.8 Å². The number of ether oxygens (including phenoxy) is 2. The molecule has 1 heterocycles. The Morgan fingerprint density at radius 3 is 2.47 bits per heavy atom. The molecule has 5 heteroatoms. The van der Waals surface area contributed by atoms with Crippen LogP contribution in [0, 0.1) is 20.8 Å². The van der Waals surface area contributed by atoms with Gasteiger partial charge < -0.3 is 13.9 Å². The van der Waals surface area contributed by atoms with Crippen LogP contribution in [0.25, 0.3) is 11.0 Å².